The van der Waals surface area contributed by atoms with Crippen LogP contribution in [0.25, 0.3) is 0 Å². The summed E-state index contributed by atoms with van der Waals surface area (Å²) in [6.07, 6.45) is -2.45. The van der Waals surface area contributed by atoms with Crippen LogP contribution < -0.4 is 0 Å². The largest absolute Gasteiger partial charge is 0.402 e. The first-order valence-corrected chi connectivity index (χ1v) is 6.34. The molecule has 0 amide bonds. The molecule has 2 heterocycles. The van der Waals surface area contributed by atoms with Crippen molar-refractivity contribution in [2.45, 2.75) is 12.6 Å². The number of ether oxygens (including phenoxy) is 1. The van der Waals surface area contributed by atoms with E-state index in [0.717, 1.165) is 0 Å². The Morgan fingerprint density at radius 2 is 1.27 bits per heavy atom. The van der Waals surface area contributed by atoms with Crippen molar-refractivity contribution in [3.8, 4) is 0 Å². The summed E-state index contributed by atoms with van der Waals surface area (Å²) < 4.78 is 64.2. The minimum absolute atomic E-state index is 0.359. The highest BCUT2D eigenvalue weighted by atomic mass is 32.3. The Morgan fingerprint density at radius 3 is 1.53 bits per heavy atom. The molecular formula is C4H6O9S2. The first kappa shape index (κ1) is 11.2. The van der Waals surface area contributed by atoms with Crippen molar-refractivity contribution < 1.29 is 38.3 Å². The lowest BCUT2D eigenvalue weighted by molar-refractivity contribution is -0.168. The highest BCUT2D eigenvalue weighted by Gasteiger charge is 2.38. The van der Waals surface area contributed by atoms with Crippen LogP contribution in [-0.4, -0.2) is 42.6 Å². The Hall–Kier alpha value is -0.300. The van der Waals surface area contributed by atoms with E-state index in [-0.39, 0.29) is 13.2 Å². The summed E-state index contributed by atoms with van der Waals surface area (Å²) in [5.41, 5.74) is 0. The minimum Gasteiger partial charge on any atom is -0.316 e. The van der Waals surface area contributed by atoms with E-state index in [2.05, 4.69) is 16.7 Å². The monoisotopic (exact) mass is 262 g/mol. The fourth-order valence-corrected chi connectivity index (χ4v) is 2.34. The van der Waals surface area contributed by atoms with Gasteiger partial charge in [0.1, 0.15) is 13.2 Å². The van der Waals surface area contributed by atoms with Crippen LogP contribution in [0.1, 0.15) is 0 Å². The van der Waals surface area contributed by atoms with Gasteiger partial charge in [0.2, 0.25) is 12.6 Å². The molecule has 2 rings (SSSR count). The van der Waals surface area contributed by atoms with Gasteiger partial charge in [-0.15, -0.1) is 0 Å². The third-order valence-electron chi connectivity index (χ3n) is 1.45. The van der Waals surface area contributed by atoms with Crippen molar-refractivity contribution >= 4 is 20.8 Å². The summed E-state index contributed by atoms with van der Waals surface area (Å²) in [6.45, 7) is -0.718. The lowest BCUT2D eigenvalue weighted by Crippen LogP contribution is -2.25. The SMILES string of the molecule is O=S1(=O)OCC(OC2COS(=O)(=O)O2)O1. The molecule has 0 aliphatic carbocycles. The zero-order valence-electron chi connectivity index (χ0n) is 7.06. The Morgan fingerprint density at radius 1 is 0.867 bits per heavy atom. The van der Waals surface area contributed by atoms with E-state index in [1.807, 2.05) is 0 Å². The molecule has 0 aromatic heterocycles. The predicted octanol–water partition coefficient (Wildman–Crippen LogP) is -1.76. The van der Waals surface area contributed by atoms with E-state index in [9.17, 15) is 16.8 Å². The molecule has 2 aliphatic heterocycles. The molecule has 2 unspecified atom stereocenters. The van der Waals surface area contributed by atoms with Crippen LogP contribution in [0, 0.1) is 0 Å². The summed E-state index contributed by atoms with van der Waals surface area (Å²) in [4.78, 5) is 0. The smallest absolute Gasteiger partial charge is 0.316 e. The van der Waals surface area contributed by atoms with Crippen LogP contribution in [0.4, 0.5) is 0 Å². The molecule has 0 spiro atoms. The number of rotatable bonds is 2. The Bertz CT molecular complexity index is 393. The van der Waals surface area contributed by atoms with Crippen LogP contribution in [-0.2, 0) is 42.3 Å². The van der Waals surface area contributed by atoms with Gasteiger partial charge in [0.25, 0.3) is 0 Å². The molecule has 2 saturated heterocycles. The van der Waals surface area contributed by atoms with Gasteiger partial charge in [0.05, 0.1) is 0 Å². The van der Waals surface area contributed by atoms with Gasteiger partial charge < -0.3 is 4.74 Å². The lowest BCUT2D eigenvalue weighted by Gasteiger charge is -2.10. The van der Waals surface area contributed by atoms with Gasteiger partial charge in [-0.1, -0.05) is 0 Å². The maximum Gasteiger partial charge on any atom is 0.402 e. The van der Waals surface area contributed by atoms with Gasteiger partial charge in [0, 0.05) is 0 Å². The standard InChI is InChI=1S/C4H6O9S2/c5-14(6)9-1-3(12-14)11-4-2-10-15(7,8)13-4/h3-4H,1-2H2. The van der Waals surface area contributed by atoms with Crippen molar-refractivity contribution in [3.63, 3.8) is 0 Å². The molecule has 2 aliphatic rings. The van der Waals surface area contributed by atoms with Gasteiger partial charge >= 0.3 is 20.8 Å². The Kier molecular flexibility index (Phi) is 2.70. The van der Waals surface area contributed by atoms with Crippen molar-refractivity contribution in [1.82, 2.24) is 0 Å². The van der Waals surface area contributed by atoms with E-state index >= 15 is 0 Å². The Labute approximate surface area is 85.5 Å². The predicted molar refractivity (Wildman–Crippen MR) is 40.6 cm³/mol. The first-order valence-electron chi connectivity index (χ1n) is 3.67. The Balaban J connectivity index is 1.90. The molecule has 0 N–H and O–H groups in total. The maximum atomic E-state index is 10.6. The average Bonchev–Trinajstić information content (AvgIpc) is 2.56. The van der Waals surface area contributed by atoms with Crippen molar-refractivity contribution in [3.05, 3.63) is 0 Å². The molecule has 11 heteroatoms. The minimum atomic E-state index is -4.04. The molecule has 0 aromatic rings. The summed E-state index contributed by atoms with van der Waals surface area (Å²) in [6, 6.07) is 0. The average molecular weight is 262 g/mol. The van der Waals surface area contributed by atoms with E-state index in [4.69, 9.17) is 4.74 Å². The van der Waals surface area contributed by atoms with Crippen molar-refractivity contribution in [2.75, 3.05) is 13.2 Å². The van der Waals surface area contributed by atoms with Gasteiger partial charge in [-0.3, -0.25) is 0 Å². The molecule has 88 valence electrons. The second kappa shape index (κ2) is 3.62. The summed E-state index contributed by atoms with van der Waals surface area (Å²) in [5.74, 6) is 0. The highest BCUT2D eigenvalue weighted by molar-refractivity contribution is 7.82. The summed E-state index contributed by atoms with van der Waals surface area (Å²) >= 11 is 0. The molecule has 0 bridgehead atoms. The van der Waals surface area contributed by atoms with Gasteiger partial charge in [-0.05, 0) is 0 Å². The molecule has 0 radical (unpaired) electrons. The van der Waals surface area contributed by atoms with Crippen LogP contribution in [0.2, 0.25) is 0 Å². The van der Waals surface area contributed by atoms with Crippen LogP contribution in [0.3, 0.4) is 0 Å². The van der Waals surface area contributed by atoms with Crippen molar-refractivity contribution in [1.29, 1.82) is 0 Å². The molecular weight excluding hydrogens is 256 g/mol. The molecule has 0 aromatic carbocycles. The fourth-order valence-electron chi connectivity index (χ4n) is 0.945. The van der Waals surface area contributed by atoms with E-state index in [0.29, 0.717) is 0 Å². The molecule has 15 heavy (non-hydrogen) atoms. The lowest BCUT2D eigenvalue weighted by atomic mass is 10.6. The molecule has 9 nitrogen and oxygen atoms in total. The number of hydrogen-bond donors (Lipinski definition) is 0. The van der Waals surface area contributed by atoms with Crippen LogP contribution in [0.5, 0.6) is 0 Å². The highest BCUT2D eigenvalue weighted by Crippen LogP contribution is 2.20. The second-order valence-electron chi connectivity index (χ2n) is 2.57. The van der Waals surface area contributed by atoms with Crippen LogP contribution in [0.15, 0.2) is 0 Å². The van der Waals surface area contributed by atoms with E-state index in [1.54, 1.807) is 0 Å². The maximum absolute atomic E-state index is 10.6. The number of hydrogen-bond acceptors (Lipinski definition) is 9. The van der Waals surface area contributed by atoms with Crippen molar-refractivity contribution in [2.24, 2.45) is 0 Å². The summed E-state index contributed by atoms with van der Waals surface area (Å²) in [5, 5.41) is 0. The third-order valence-corrected chi connectivity index (χ3v) is 3.20. The first-order chi connectivity index (χ1) is 6.86. The van der Waals surface area contributed by atoms with Gasteiger partial charge in [-0.2, -0.15) is 16.8 Å². The van der Waals surface area contributed by atoms with E-state index in [1.165, 1.54) is 0 Å². The van der Waals surface area contributed by atoms with Crippen LogP contribution >= 0.6 is 0 Å². The quantitative estimate of drug-likeness (QED) is 0.570. The zero-order valence-corrected chi connectivity index (χ0v) is 8.69. The fraction of sp³-hybridized carbons (Fsp3) is 1.00. The second-order valence-corrected chi connectivity index (χ2v) is 5.06. The van der Waals surface area contributed by atoms with E-state index < -0.39 is 33.4 Å². The normalized spacial score (nSPS) is 38.1. The van der Waals surface area contributed by atoms with Gasteiger partial charge in [0.15, 0.2) is 0 Å². The van der Waals surface area contributed by atoms with Gasteiger partial charge in [-0.25, -0.2) is 16.7 Å². The topological polar surface area (TPSA) is 114 Å². The molecule has 2 fully saturated rings. The zero-order chi connectivity index (χ0) is 11.1. The molecule has 2 atom stereocenters. The molecule has 0 saturated carbocycles. The third kappa shape index (κ3) is 2.84. The summed E-state index contributed by atoms with van der Waals surface area (Å²) in [7, 11) is -8.07.